The van der Waals surface area contributed by atoms with Crippen LogP contribution in [-0.2, 0) is 4.74 Å². The van der Waals surface area contributed by atoms with Gasteiger partial charge in [-0.15, -0.1) is 0 Å². The van der Waals surface area contributed by atoms with Gasteiger partial charge in [0.25, 0.3) is 0 Å². The Morgan fingerprint density at radius 1 is 1.05 bits per heavy atom. The van der Waals surface area contributed by atoms with Crippen LogP contribution in [-0.4, -0.2) is 13.1 Å². The molecule has 3 heteroatoms. The van der Waals surface area contributed by atoms with Gasteiger partial charge in [0.15, 0.2) is 0 Å². The van der Waals surface area contributed by atoms with E-state index in [9.17, 15) is 4.79 Å². The second-order valence-corrected chi connectivity index (χ2v) is 4.63. The zero-order valence-corrected chi connectivity index (χ0v) is 11.6. The summed E-state index contributed by atoms with van der Waals surface area (Å²) in [7, 11) is 1.37. The lowest BCUT2D eigenvalue weighted by molar-refractivity contribution is 0.0600. The first-order valence-electron chi connectivity index (χ1n) is 6.61. The molecule has 2 aromatic carbocycles. The number of hydrogen-bond donors (Lipinski definition) is 0. The van der Waals surface area contributed by atoms with Gasteiger partial charge in [-0.25, -0.2) is 4.79 Å². The van der Waals surface area contributed by atoms with Crippen molar-refractivity contribution >= 4 is 29.1 Å². The first-order chi connectivity index (χ1) is 10.3. The van der Waals surface area contributed by atoms with Crippen LogP contribution < -0.4 is 0 Å². The van der Waals surface area contributed by atoms with Crippen molar-refractivity contribution in [1.29, 1.82) is 0 Å². The molecule has 104 valence electrons. The van der Waals surface area contributed by atoms with E-state index in [-0.39, 0.29) is 5.97 Å². The number of ether oxygens (including phenoxy) is 1. The van der Waals surface area contributed by atoms with Crippen molar-refractivity contribution in [1.82, 2.24) is 0 Å². The number of para-hydroxylation sites is 1. The fraction of sp³-hybridized carbons (Fsp3) is 0.0556. The lowest BCUT2D eigenvalue weighted by atomic mass is 10.1. The third kappa shape index (κ3) is 2.87. The minimum Gasteiger partial charge on any atom is -0.465 e. The van der Waals surface area contributed by atoms with Gasteiger partial charge in [-0.05, 0) is 35.9 Å². The second kappa shape index (κ2) is 5.67. The molecule has 0 spiro atoms. The Kier molecular flexibility index (Phi) is 3.56. The molecule has 0 saturated heterocycles. The molecular weight excluding hydrogens is 264 g/mol. The number of methoxy groups -OCH3 is 1. The summed E-state index contributed by atoms with van der Waals surface area (Å²) in [6.45, 7) is 0. The number of benzene rings is 2. The van der Waals surface area contributed by atoms with Gasteiger partial charge >= 0.3 is 5.97 Å². The van der Waals surface area contributed by atoms with Crippen LogP contribution in [0.1, 0.15) is 21.7 Å². The van der Waals surface area contributed by atoms with E-state index in [1.807, 2.05) is 54.6 Å². The van der Waals surface area contributed by atoms with E-state index < -0.39 is 0 Å². The lowest BCUT2D eigenvalue weighted by Crippen LogP contribution is -2.00. The highest BCUT2D eigenvalue weighted by Gasteiger charge is 2.03. The Bertz CT molecular complexity index is 762. The van der Waals surface area contributed by atoms with Gasteiger partial charge in [0.2, 0.25) is 0 Å². The zero-order valence-electron chi connectivity index (χ0n) is 11.6. The molecule has 3 aromatic rings. The van der Waals surface area contributed by atoms with Crippen molar-refractivity contribution in [3.05, 3.63) is 71.5 Å². The molecule has 0 atom stereocenters. The molecule has 0 radical (unpaired) electrons. The molecule has 21 heavy (non-hydrogen) atoms. The molecule has 0 aliphatic heterocycles. The van der Waals surface area contributed by atoms with E-state index in [4.69, 9.17) is 4.42 Å². The molecule has 0 unspecified atom stereocenters. The number of carbonyl (C=O) groups is 1. The Hall–Kier alpha value is -2.81. The van der Waals surface area contributed by atoms with Crippen molar-refractivity contribution < 1.29 is 13.9 Å². The van der Waals surface area contributed by atoms with Crippen molar-refractivity contribution in [3.8, 4) is 0 Å². The predicted molar refractivity (Wildman–Crippen MR) is 82.9 cm³/mol. The molecule has 0 saturated carbocycles. The highest BCUT2D eigenvalue weighted by atomic mass is 16.5. The topological polar surface area (TPSA) is 39.4 Å². The average Bonchev–Trinajstić information content (AvgIpc) is 2.95. The number of rotatable bonds is 3. The van der Waals surface area contributed by atoms with Crippen molar-refractivity contribution in [2.75, 3.05) is 7.11 Å². The molecule has 0 aliphatic carbocycles. The summed E-state index contributed by atoms with van der Waals surface area (Å²) in [5.41, 5.74) is 2.40. The SMILES string of the molecule is COC(=O)c1ccc(C=Cc2cc3ccccc3o2)cc1. The van der Waals surface area contributed by atoms with Gasteiger partial charge in [0.1, 0.15) is 11.3 Å². The monoisotopic (exact) mass is 278 g/mol. The fourth-order valence-corrected chi connectivity index (χ4v) is 2.11. The van der Waals surface area contributed by atoms with Crippen molar-refractivity contribution in [2.45, 2.75) is 0 Å². The third-order valence-corrected chi connectivity index (χ3v) is 3.22. The maximum absolute atomic E-state index is 11.3. The molecule has 0 N–H and O–H groups in total. The number of fused-ring (bicyclic) bond motifs is 1. The predicted octanol–water partition coefficient (Wildman–Crippen LogP) is 4.39. The maximum atomic E-state index is 11.3. The van der Waals surface area contributed by atoms with E-state index in [1.165, 1.54) is 7.11 Å². The van der Waals surface area contributed by atoms with E-state index in [2.05, 4.69) is 4.74 Å². The van der Waals surface area contributed by atoms with Gasteiger partial charge < -0.3 is 9.15 Å². The second-order valence-electron chi connectivity index (χ2n) is 4.63. The van der Waals surface area contributed by atoms with Crippen LogP contribution in [0.15, 0.2) is 59.0 Å². The summed E-state index contributed by atoms with van der Waals surface area (Å²) in [6, 6.07) is 17.1. The summed E-state index contributed by atoms with van der Waals surface area (Å²) in [4.78, 5) is 11.3. The molecule has 3 rings (SSSR count). The van der Waals surface area contributed by atoms with E-state index in [1.54, 1.807) is 12.1 Å². The Labute approximate surface area is 122 Å². The molecular formula is C18H14O3. The van der Waals surface area contributed by atoms with Crippen LogP contribution in [0.4, 0.5) is 0 Å². The standard InChI is InChI=1S/C18H14O3/c1-20-18(19)14-9-6-13(7-10-14)8-11-16-12-15-4-2-3-5-17(15)21-16/h2-12H,1H3. The lowest BCUT2D eigenvalue weighted by Gasteiger charge is -1.99. The van der Waals surface area contributed by atoms with Gasteiger partial charge in [-0.2, -0.15) is 0 Å². The highest BCUT2D eigenvalue weighted by molar-refractivity contribution is 5.89. The van der Waals surface area contributed by atoms with Crippen molar-refractivity contribution in [3.63, 3.8) is 0 Å². The van der Waals surface area contributed by atoms with Crippen LogP contribution in [0.5, 0.6) is 0 Å². The molecule has 1 aromatic heterocycles. The van der Waals surface area contributed by atoms with Crippen molar-refractivity contribution in [2.24, 2.45) is 0 Å². The van der Waals surface area contributed by atoms with Crippen LogP contribution in [0.2, 0.25) is 0 Å². The average molecular weight is 278 g/mol. The van der Waals surface area contributed by atoms with Crippen LogP contribution in [0.3, 0.4) is 0 Å². The molecule has 3 nitrogen and oxygen atoms in total. The number of esters is 1. The summed E-state index contributed by atoms with van der Waals surface area (Å²) in [6.07, 6.45) is 3.85. The molecule has 0 aliphatic rings. The zero-order chi connectivity index (χ0) is 14.7. The third-order valence-electron chi connectivity index (χ3n) is 3.22. The Morgan fingerprint density at radius 3 is 2.52 bits per heavy atom. The van der Waals surface area contributed by atoms with E-state index in [0.717, 1.165) is 22.3 Å². The van der Waals surface area contributed by atoms with Crippen LogP contribution in [0, 0.1) is 0 Å². The largest absolute Gasteiger partial charge is 0.465 e. The minimum absolute atomic E-state index is 0.331. The van der Waals surface area contributed by atoms with Gasteiger partial charge in [0, 0.05) is 5.39 Å². The number of hydrogen-bond acceptors (Lipinski definition) is 3. The molecule has 1 heterocycles. The molecule has 0 bridgehead atoms. The Balaban J connectivity index is 1.80. The van der Waals surface area contributed by atoms with Gasteiger partial charge in [-0.1, -0.05) is 36.4 Å². The van der Waals surface area contributed by atoms with Crippen LogP contribution in [0.25, 0.3) is 23.1 Å². The smallest absolute Gasteiger partial charge is 0.337 e. The summed E-state index contributed by atoms with van der Waals surface area (Å²) in [5, 5.41) is 1.08. The molecule has 0 fully saturated rings. The van der Waals surface area contributed by atoms with E-state index in [0.29, 0.717) is 5.56 Å². The maximum Gasteiger partial charge on any atom is 0.337 e. The highest BCUT2D eigenvalue weighted by Crippen LogP contribution is 2.20. The fourth-order valence-electron chi connectivity index (χ4n) is 2.11. The van der Waals surface area contributed by atoms with E-state index >= 15 is 0 Å². The minimum atomic E-state index is -0.331. The first kappa shape index (κ1) is 13.2. The summed E-state index contributed by atoms with van der Waals surface area (Å²) in [5.74, 6) is 0.469. The summed E-state index contributed by atoms with van der Waals surface area (Å²) < 4.78 is 10.4. The molecule has 0 amide bonds. The number of carbonyl (C=O) groups excluding carboxylic acids is 1. The van der Waals surface area contributed by atoms with Gasteiger partial charge in [0.05, 0.1) is 12.7 Å². The Morgan fingerprint density at radius 2 is 1.81 bits per heavy atom. The number of furan rings is 1. The quantitative estimate of drug-likeness (QED) is 0.667. The first-order valence-corrected chi connectivity index (χ1v) is 6.61. The van der Waals surface area contributed by atoms with Gasteiger partial charge in [-0.3, -0.25) is 0 Å². The van der Waals surface area contributed by atoms with Crippen LogP contribution >= 0.6 is 0 Å². The summed E-state index contributed by atoms with van der Waals surface area (Å²) >= 11 is 0. The normalized spacial score (nSPS) is 11.1.